The van der Waals surface area contributed by atoms with Gasteiger partial charge in [0.25, 0.3) is 5.91 Å². The van der Waals surface area contributed by atoms with Crippen LogP contribution in [0.15, 0.2) is 28.9 Å². The summed E-state index contributed by atoms with van der Waals surface area (Å²) in [4.78, 5) is 12.4. The number of ether oxygens (including phenoxy) is 1. The molecule has 0 aliphatic carbocycles. The smallest absolute Gasteiger partial charge is 0.274 e. The lowest BCUT2D eigenvalue weighted by Gasteiger charge is -2.10. The van der Waals surface area contributed by atoms with E-state index < -0.39 is 0 Å². The summed E-state index contributed by atoms with van der Waals surface area (Å²) in [6.45, 7) is 2.30. The van der Waals surface area contributed by atoms with Gasteiger partial charge in [0.2, 0.25) is 0 Å². The van der Waals surface area contributed by atoms with Crippen LogP contribution in [0.4, 0.5) is 5.69 Å². The standard InChI is InChI=1S/C14H16BrN3O2/c1-9-6-11(15)4-5-12(9)17-14(19)13-10(8-20-3)7-16-18(13)2/h4-7H,8H2,1-3H3,(H,17,19). The molecule has 5 nitrogen and oxygen atoms in total. The summed E-state index contributed by atoms with van der Waals surface area (Å²) >= 11 is 3.40. The lowest BCUT2D eigenvalue weighted by Crippen LogP contribution is -2.18. The predicted molar refractivity (Wildman–Crippen MR) is 80.8 cm³/mol. The van der Waals surface area contributed by atoms with Crippen LogP contribution in [0.25, 0.3) is 0 Å². The molecule has 1 amide bonds. The van der Waals surface area contributed by atoms with Gasteiger partial charge in [-0.2, -0.15) is 5.10 Å². The molecular weight excluding hydrogens is 322 g/mol. The van der Waals surface area contributed by atoms with Crippen molar-refractivity contribution in [2.24, 2.45) is 7.05 Å². The molecule has 106 valence electrons. The normalized spacial score (nSPS) is 10.6. The molecule has 20 heavy (non-hydrogen) atoms. The average Bonchev–Trinajstić information content (AvgIpc) is 2.74. The van der Waals surface area contributed by atoms with Gasteiger partial charge in [0, 0.05) is 29.9 Å². The van der Waals surface area contributed by atoms with Gasteiger partial charge in [-0.05, 0) is 30.7 Å². The third-order valence-corrected chi connectivity index (χ3v) is 3.46. The van der Waals surface area contributed by atoms with Gasteiger partial charge in [0.05, 0.1) is 12.8 Å². The van der Waals surface area contributed by atoms with E-state index in [0.717, 1.165) is 21.3 Å². The lowest BCUT2D eigenvalue weighted by atomic mass is 10.2. The van der Waals surface area contributed by atoms with E-state index in [9.17, 15) is 4.79 Å². The Hall–Kier alpha value is -1.66. The monoisotopic (exact) mass is 337 g/mol. The van der Waals surface area contributed by atoms with Crippen molar-refractivity contribution in [3.8, 4) is 0 Å². The minimum Gasteiger partial charge on any atom is -0.380 e. The van der Waals surface area contributed by atoms with Gasteiger partial charge in [-0.3, -0.25) is 9.48 Å². The number of halogens is 1. The van der Waals surface area contributed by atoms with Crippen molar-refractivity contribution >= 4 is 27.5 Å². The highest BCUT2D eigenvalue weighted by Gasteiger charge is 2.17. The molecule has 1 aromatic heterocycles. The number of rotatable bonds is 4. The maximum atomic E-state index is 12.4. The van der Waals surface area contributed by atoms with E-state index in [4.69, 9.17) is 4.74 Å². The van der Waals surface area contributed by atoms with Gasteiger partial charge >= 0.3 is 0 Å². The van der Waals surface area contributed by atoms with Crippen molar-refractivity contribution < 1.29 is 9.53 Å². The highest BCUT2D eigenvalue weighted by atomic mass is 79.9. The number of hydrogen-bond donors (Lipinski definition) is 1. The summed E-state index contributed by atoms with van der Waals surface area (Å²) in [5.74, 6) is -0.192. The molecule has 0 radical (unpaired) electrons. The van der Waals surface area contributed by atoms with Crippen molar-refractivity contribution in [3.05, 3.63) is 45.7 Å². The van der Waals surface area contributed by atoms with E-state index in [1.165, 1.54) is 0 Å². The van der Waals surface area contributed by atoms with Gasteiger partial charge in [0.1, 0.15) is 5.69 Å². The van der Waals surface area contributed by atoms with E-state index >= 15 is 0 Å². The van der Waals surface area contributed by atoms with Gasteiger partial charge < -0.3 is 10.1 Å². The number of carbonyl (C=O) groups is 1. The average molecular weight is 338 g/mol. The van der Waals surface area contributed by atoms with Crippen LogP contribution in [0.2, 0.25) is 0 Å². The van der Waals surface area contributed by atoms with Gasteiger partial charge in [-0.25, -0.2) is 0 Å². The predicted octanol–water partition coefficient (Wildman–Crippen LogP) is 2.89. The minimum atomic E-state index is -0.192. The zero-order chi connectivity index (χ0) is 14.7. The van der Waals surface area contributed by atoms with Crippen molar-refractivity contribution in [2.75, 3.05) is 12.4 Å². The maximum Gasteiger partial charge on any atom is 0.274 e. The van der Waals surface area contributed by atoms with Crippen LogP contribution >= 0.6 is 15.9 Å². The Kier molecular flexibility index (Phi) is 4.57. The second-order valence-corrected chi connectivity index (χ2v) is 5.40. The molecule has 0 bridgehead atoms. The zero-order valence-corrected chi connectivity index (χ0v) is 13.2. The number of anilines is 1. The Balaban J connectivity index is 2.26. The van der Waals surface area contributed by atoms with Crippen LogP contribution in [0.3, 0.4) is 0 Å². The van der Waals surface area contributed by atoms with E-state index in [2.05, 4.69) is 26.3 Å². The van der Waals surface area contributed by atoms with Crippen LogP contribution in [0, 0.1) is 6.92 Å². The number of hydrogen-bond acceptors (Lipinski definition) is 3. The first-order valence-electron chi connectivity index (χ1n) is 6.10. The molecule has 0 spiro atoms. The molecule has 1 heterocycles. The van der Waals surface area contributed by atoms with Crippen LogP contribution in [0.1, 0.15) is 21.6 Å². The second-order valence-electron chi connectivity index (χ2n) is 4.49. The number of benzene rings is 1. The fourth-order valence-corrected chi connectivity index (χ4v) is 2.46. The van der Waals surface area contributed by atoms with E-state index in [1.54, 1.807) is 25.0 Å². The summed E-state index contributed by atoms with van der Waals surface area (Å²) in [7, 11) is 3.33. The molecular formula is C14H16BrN3O2. The van der Waals surface area contributed by atoms with E-state index in [1.807, 2.05) is 25.1 Å². The van der Waals surface area contributed by atoms with Crippen molar-refractivity contribution in [3.63, 3.8) is 0 Å². The van der Waals surface area contributed by atoms with E-state index in [-0.39, 0.29) is 5.91 Å². The third-order valence-electron chi connectivity index (χ3n) is 2.97. The second kappa shape index (κ2) is 6.19. The number of nitrogens with one attached hydrogen (secondary N) is 1. The largest absolute Gasteiger partial charge is 0.380 e. The summed E-state index contributed by atoms with van der Waals surface area (Å²) < 4.78 is 7.62. The first-order valence-corrected chi connectivity index (χ1v) is 6.89. The fraction of sp³-hybridized carbons (Fsp3) is 0.286. The minimum absolute atomic E-state index is 0.192. The van der Waals surface area contributed by atoms with Crippen molar-refractivity contribution in [2.45, 2.75) is 13.5 Å². The molecule has 0 aliphatic heterocycles. The molecule has 0 unspecified atom stereocenters. The Bertz CT molecular complexity index is 637. The fourth-order valence-electron chi connectivity index (χ4n) is 1.99. The zero-order valence-electron chi connectivity index (χ0n) is 11.6. The number of methoxy groups -OCH3 is 1. The lowest BCUT2D eigenvalue weighted by molar-refractivity contribution is 0.101. The van der Waals surface area contributed by atoms with Crippen molar-refractivity contribution in [1.82, 2.24) is 9.78 Å². The molecule has 6 heteroatoms. The number of nitrogens with zero attached hydrogens (tertiary/aromatic N) is 2. The molecule has 2 rings (SSSR count). The summed E-state index contributed by atoms with van der Waals surface area (Å²) in [6, 6.07) is 5.71. The molecule has 2 aromatic rings. The molecule has 0 saturated heterocycles. The number of aromatic nitrogens is 2. The maximum absolute atomic E-state index is 12.4. The molecule has 0 fully saturated rings. The van der Waals surface area contributed by atoms with Crippen LogP contribution in [0.5, 0.6) is 0 Å². The Morgan fingerprint density at radius 2 is 2.25 bits per heavy atom. The van der Waals surface area contributed by atoms with E-state index in [0.29, 0.717) is 12.3 Å². The molecule has 0 atom stereocenters. The molecule has 0 saturated carbocycles. The SMILES string of the molecule is COCc1cnn(C)c1C(=O)Nc1ccc(Br)cc1C. The first-order chi connectivity index (χ1) is 9.52. The third kappa shape index (κ3) is 3.08. The molecule has 1 aromatic carbocycles. The number of carbonyl (C=O) groups excluding carboxylic acids is 1. The van der Waals surface area contributed by atoms with Gasteiger partial charge in [-0.1, -0.05) is 15.9 Å². The Morgan fingerprint density at radius 3 is 2.90 bits per heavy atom. The molecule has 1 N–H and O–H groups in total. The number of amides is 1. The molecule has 0 aliphatic rings. The van der Waals surface area contributed by atoms with Gasteiger partial charge in [-0.15, -0.1) is 0 Å². The van der Waals surface area contributed by atoms with Crippen LogP contribution < -0.4 is 5.32 Å². The highest BCUT2D eigenvalue weighted by Crippen LogP contribution is 2.21. The topological polar surface area (TPSA) is 56.2 Å². The summed E-state index contributed by atoms with van der Waals surface area (Å²) in [6.07, 6.45) is 1.65. The Morgan fingerprint density at radius 1 is 1.50 bits per heavy atom. The Labute approximate surface area is 126 Å². The van der Waals surface area contributed by atoms with Crippen LogP contribution in [-0.4, -0.2) is 22.8 Å². The van der Waals surface area contributed by atoms with Crippen LogP contribution in [-0.2, 0) is 18.4 Å². The summed E-state index contributed by atoms with van der Waals surface area (Å²) in [5.41, 5.74) is 3.04. The quantitative estimate of drug-likeness (QED) is 0.933. The summed E-state index contributed by atoms with van der Waals surface area (Å²) in [5, 5.41) is 7.01. The number of aryl methyl sites for hydroxylation is 2. The van der Waals surface area contributed by atoms with Crippen molar-refractivity contribution in [1.29, 1.82) is 0 Å². The first kappa shape index (κ1) is 14.7. The highest BCUT2D eigenvalue weighted by molar-refractivity contribution is 9.10. The van der Waals surface area contributed by atoms with Gasteiger partial charge in [0.15, 0.2) is 0 Å².